The highest BCUT2D eigenvalue weighted by molar-refractivity contribution is 5.27. The van der Waals surface area contributed by atoms with Crippen molar-refractivity contribution in [3.05, 3.63) is 41.6 Å². The maximum atomic E-state index is 5.51. The van der Waals surface area contributed by atoms with Crippen molar-refractivity contribution >= 4 is 0 Å². The number of hydrogen-bond acceptors (Lipinski definition) is 4. The van der Waals surface area contributed by atoms with Crippen molar-refractivity contribution in [2.75, 3.05) is 0 Å². The lowest BCUT2D eigenvalue weighted by molar-refractivity contribution is 0.260. The van der Waals surface area contributed by atoms with Gasteiger partial charge in [0.2, 0.25) is 5.89 Å². The van der Waals surface area contributed by atoms with Gasteiger partial charge in [-0.3, -0.25) is 0 Å². The Kier molecular flexibility index (Phi) is 3.19. The van der Waals surface area contributed by atoms with Gasteiger partial charge in [0.1, 0.15) is 5.75 Å². The molecule has 84 valence electrons. The molecule has 0 aliphatic heterocycles. The van der Waals surface area contributed by atoms with E-state index in [1.807, 2.05) is 24.3 Å². The van der Waals surface area contributed by atoms with Crippen molar-refractivity contribution in [1.29, 1.82) is 0 Å². The molecule has 2 aromatic rings. The molecule has 0 saturated heterocycles. The molecular weight excluding hydrogens is 204 g/mol. The van der Waals surface area contributed by atoms with E-state index < -0.39 is 0 Å². The van der Waals surface area contributed by atoms with Crippen LogP contribution in [0.25, 0.3) is 0 Å². The van der Waals surface area contributed by atoms with Gasteiger partial charge in [0.15, 0.2) is 6.61 Å². The Morgan fingerprint density at radius 3 is 2.50 bits per heavy atom. The third-order valence-electron chi connectivity index (χ3n) is 2.26. The zero-order valence-corrected chi connectivity index (χ0v) is 9.43. The fraction of sp³-hybridized carbons (Fsp3) is 0.333. The van der Waals surface area contributed by atoms with Crippen LogP contribution in [0.3, 0.4) is 0 Å². The number of nitrogens with zero attached hydrogens (tertiary/aromatic N) is 2. The molecule has 1 heterocycles. The smallest absolute Gasteiger partial charge is 0.253 e. The topological polar surface area (TPSA) is 48.2 Å². The maximum Gasteiger partial charge on any atom is 0.253 e. The van der Waals surface area contributed by atoms with Crippen molar-refractivity contribution in [2.45, 2.75) is 26.9 Å². The second-order valence-electron chi connectivity index (χ2n) is 3.50. The minimum atomic E-state index is 0.312. The quantitative estimate of drug-likeness (QED) is 0.791. The third-order valence-corrected chi connectivity index (χ3v) is 2.26. The van der Waals surface area contributed by atoms with Gasteiger partial charge < -0.3 is 9.15 Å². The maximum absolute atomic E-state index is 5.51. The normalized spacial score (nSPS) is 10.4. The lowest BCUT2D eigenvalue weighted by atomic mass is 10.2. The molecule has 0 radical (unpaired) electrons. The zero-order valence-electron chi connectivity index (χ0n) is 9.43. The lowest BCUT2D eigenvalue weighted by Crippen LogP contribution is -1.95. The largest absolute Gasteiger partial charge is 0.484 e. The highest BCUT2D eigenvalue weighted by Crippen LogP contribution is 2.14. The van der Waals surface area contributed by atoms with Crippen LogP contribution in [0.1, 0.15) is 24.3 Å². The SMILES string of the molecule is CCc1ccc(OCc2nnc(C)o2)cc1. The number of aromatic nitrogens is 2. The van der Waals surface area contributed by atoms with Crippen LogP contribution < -0.4 is 4.74 Å². The molecule has 0 spiro atoms. The Bertz CT molecular complexity index is 448. The number of ether oxygens (including phenoxy) is 1. The fourth-order valence-corrected chi connectivity index (χ4v) is 1.36. The summed E-state index contributed by atoms with van der Waals surface area (Å²) in [5.41, 5.74) is 1.29. The minimum Gasteiger partial charge on any atom is -0.484 e. The molecule has 0 aliphatic rings. The van der Waals surface area contributed by atoms with Crippen LogP contribution >= 0.6 is 0 Å². The van der Waals surface area contributed by atoms with Crippen LogP contribution in [0.15, 0.2) is 28.7 Å². The second kappa shape index (κ2) is 4.79. The summed E-state index contributed by atoms with van der Waals surface area (Å²) < 4.78 is 10.7. The second-order valence-corrected chi connectivity index (χ2v) is 3.50. The number of benzene rings is 1. The summed E-state index contributed by atoms with van der Waals surface area (Å²) >= 11 is 0. The van der Waals surface area contributed by atoms with E-state index in [4.69, 9.17) is 9.15 Å². The van der Waals surface area contributed by atoms with Gasteiger partial charge in [-0.2, -0.15) is 0 Å². The van der Waals surface area contributed by atoms with Crippen LogP contribution in [0.2, 0.25) is 0 Å². The Morgan fingerprint density at radius 1 is 1.19 bits per heavy atom. The van der Waals surface area contributed by atoms with Crippen molar-refractivity contribution in [2.24, 2.45) is 0 Å². The molecule has 0 N–H and O–H groups in total. The Labute approximate surface area is 94.3 Å². The lowest BCUT2D eigenvalue weighted by Gasteiger charge is -2.03. The third kappa shape index (κ3) is 2.59. The Morgan fingerprint density at radius 2 is 1.94 bits per heavy atom. The Hall–Kier alpha value is -1.84. The van der Waals surface area contributed by atoms with Gasteiger partial charge in [-0.15, -0.1) is 10.2 Å². The van der Waals surface area contributed by atoms with Crippen molar-refractivity contribution < 1.29 is 9.15 Å². The van der Waals surface area contributed by atoms with E-state index in [0.717, 1.165) is 12.2 Å². The summed E-state index contributed by atoms with van der Waals surface area (Å²) in [4.78, 5) is 0. The molecular formula is C12H14N2O2. The zero-order chi connectivity index (χ0) is 11.4. The van der Waals surface area contributed by atoms with Gasteiger partial charge in [0.05, 0.1) is 0 Å². The van der Waals surface area contributed by atoms with Crippen molar-refractivity contribution in [3.63, 3.8) is 0 Å². The highest BCUT2D eigenvalue weighted by Gasteiger charge is 2.02. The molecule has 0 fully saturated rings. The summed E-state index contributed by atoms with van der Waals surface area (Å²) in [5.74, 6) is 1.87. The summed E-state index contributed by atoms with van der Waals surface area (Å²) in [6, 6.07) is 7.99. The van der Waals surface area contributed by atoms with Crippen LogP contribution in [0, 0.1) is 6.92 Å². The van der Waals surface area contributed by atoms with Gasteiger partial charge in [0.25, 0.3) is 5.89 Å². The predicted octanol–water partition coefficient (Wildman–Crippen LogP) is 2.52. The molecule has 16 heavy (non-hydrogen) atoms. The van der Waals surface area contributed by atoms with E-state index in [9.17, 15) is 0 Å². The van der Waals surface area contributed by atoms with Crippen LogP contribution in [0.5, 0.6) is 5.75 Å². The number of aryl methyl sites for hydroxylation is 2. The number of hydrogen-bond donors (Lipinski definition) is 0. The van der Waals surface area contributed by atoms with Crippen LogP contribution in [0.4, 0.5) is 0 Å². The first-order valence-corrected chi connectivity index (χ1v) is 5.28. The van der Waals surface area contributed by atoms with E-state index in [-0.39, 0.29) is 0 Å². The van der Waals surface area contributed by atoms with Gasteiger partial charge in [0, 0.05) is 6.92 Å². The van der Waals surface area contributed by atoms with E-state index in [1.54, 1.807) is 6.92 Å². The average Bonchev–Trinajstić information content (AvgIpc) is 2.73. The number of rotatable bonds is 4. The monoisotopic (exact) mass is 218 g/mol. The van der Waals surface area contributed by atoms with Gasteiger partial charge >= 0.3 is 0 Å². The molecule has 4 heteroatoms. The molecule has 0 aliphatic carbocycles. The van der Waals surface area contributed by atoms with Gasteiger partial charge in [-0.1, -0.05) is 19.1 Å². The van der Waals surface area contributed by atoms with Gasteiger partial charge in [-0.25, -0.2) is 0 Å². The van der Waals surface area contributed by atoms with Crippen LogP contribution in [-0.4, -0.2) is 10.2 Å². The molecule has 1 aromatic carbocycles. The van der Waals surface area contributed by atoms with E-state index in [2.05, 4.69) is 17.1 Å². The van der Waals surface area contributed by atoms with Crippen molar-refractivity contribution in [3.8, 4) is 5.75 Å². The van der Waals surface area contributed by atoms with Gasteiger partial charge in [-0.05, 0) is 24.1 Å². The van der Waals surface area contributed by atoms with E-state index >= 15 is 0 Å². The fourth-order valence-electron chi connectivity index (χ4n) is 1.36. The molecule has 0 saturated carbocycles. The molecule has 0 bridgehead atoms. The van der Waals surface area contributed by atoms with E-state index in [1.165, 1.54) is 5.56 Å². The average molecular weight is 218 g/mol. The molecule has 2 rings (SSSR count). The van der Waals surface area contributed by atoms with E-state index in [0.29, 0.717) is 18.4 Å². The first-order valence-electron chi connectivity index (χ1n) is 5.28. The first kappa shape index (κ1) is 10.7. The molecule has 4 nitrogen and oxygen atoms in total. The summed E-state index contributed by atoms with van der Waals surface area (Å²) in [7, 11) is 0. The molecule has 1 aromatic heterocycles. The van der Waals surface area contributed by atoms with Crippen LogP contribution in [-0.2, 0) is 13.0 Å². The summed E-state index contributed by atoms with van der Waals surface area (Å²) in [5, 5.41) is 7.58. The molecule has 0 unspecified atom stereocenters. The standard InChI is InChI=1S/C12H14N2O2/c1-3-10-4-6-11(7-5-10)15-8-12-14-13-9(2)16-12/h4-7H,3,8H2,1-2H3. The highest BCUT2D eigenvalue weighted by atomic mass is 16.5. The Balaban J connectivity index is 1.94. The summed E-state index contributed by atoms with van der Waals surface area (Å²) in [6.07, 6.45) is 1.03. The molecule has 0 amide bonds. The predicted molar refractivity (Wildman–Crippen MR) is 59.2 cm³/mol. The van der Waals surface area contributed by atoms with Crippen molar-refractivity contribution in [1.82, 2.24) is 10.2 Å². The summed E-state index contributed by atoms with van der Waals surface area (Å²) in [6.45, 7) is 4.19. The minimum absolute atomic E-state index is 0.312. The first-order chi connectivity index (χ1) is 7.78. The molecule has 0 atom stereocenters.